The van der Waals surface area contributed by atoms with Gasteiger partial charge in [-0.1, -0.05) is 36.4 Å². The van der Waals surface area contributed by atoms with E-state index < -0.39 is 0 Å². The largest absolute Gasteiger partial charge is 0.493 e. The maximum absolute atomic E-state index is 13.3. The molecule has 1 aliphatic heterocycles. The lowest BCUT2D eigenvalue weighted by atomic mass is 10.1. The molecule has 0 saturated carbocycles. The second-order valence-corrected chi connectivity index (χ2v) is 9.25. The van der Waals surface area contributed by atoms with Crippen molar-refractivity contribution < 1.29 is 9.15 Å². The first kappa shape index (κ1) is 24.6. The molecule has 0 bridgehead atoms. The molecule has 0 N–H and O–H groups in total. The van der Waals surface area contributed by atoms with Gasteiger partial charge in [0.05, 0.1) is 12.2 Å². The van der Waals surface area contributed by atoms with Gasteiger partial charge in [0.25, 0.3) is 5.56 Å². The molecule has 2 aromatic heterocycles. The number of hydrogen-bond acceptors (Lipinski definition) is 7. The maximum atomic E-state index is 13.3. The van der Waals surface area contributed by atoms with E-state index in [-0.39, 0.29) is 16.7 Å². The molecule has 0 spiro atoms. The molecule has 1 saturated heterocycles. The molecule has 0 unspecified atom stereocenters. The Bertz CT molecular complexity index is 1580. The van der Waals surface area contributed by atoms with E-state index in [4.69, 9.17) is 9.15 Å². The number of benzene rings is 2. The van der Waals surface area contributed by atoms with Crippen LogP contribution in [0.25, 0.3) is 22.1 Å². The molecule has 0 radical (unpaired) electrons. The number of anilines is 1. The van der Waals surface area contributed by atoms with Crippen LogP contribution in [0.2, 0.25) is 0 Å². The van der Waals surface area contributed by atoms with E-state index in [1.807, 2.05) is 36.4 Å². The summed E-state index contributed by atoms with van der Waals surface area (Å²) in [4.78, 5) is 42.0. The van der Waals surface area contributed by atoms with Crippen LogP contribution in [0.3, 0.4) is 0 Å². The number of piperazine rings is 1. The third-order valence-corrected chi connectivity index (χ3v) is 6.92. The standard InChI is InChI=1S/C28H30N4O5/c1-29-24(18-25(33)30(2)28(29)35)32-15-13-31(14-16-32)12-7-17-36-22-10-6-11-23-26(22)27(34)21(19-37-23)20-8-4-3-5-9-20/h3-6,8-11,18-19H,7,12-17H2,1-2H3. The third-order valence-electron chi connectivity index (χ3n) is 6.92. The molecule has 3 heterocycles. The monoisotopic (exact) mass is 502 g/mol. The zero-order valence-corrected chi connectivity index (χ0v) is 21.1. The lowest BCUT2D eigenvalue weighted by molar-refractivity contribution is 0.224. The summed E-state index contributed by atoms with van der Waals surface area (Å²) < 4.78 is 14.5. The second kappa shape index (κ2) is 10.5. The van der Waals surface area contributed by atoms with Crippen LogP contribution in [-0.2, 0) is 14.1 Å². The van der Waals surface area contributed by atoms with Crippen LogP contribution in [-0.4, -0.2) is 53.4 Å². The summed E-state index contributed by atoms with van der Waals surface area (Å²) in [5.41, 5.74) is 1.10. The third kappa shape index (κ3) is 4.95. The average molecular weight is 503 g/mol. The smallest absolute Gasteiger partial charge is 0.332 e. The molecule has 0 amide bonds. The molecule has 9 heteroatoms. The van der Waals surface area contributed by atoms with Crippen LogP contribution in [0.15, 0.2) is 79.7 Å². The first-order valence-corrected chi connectivity index (χ1v) is 12.4. The predicted molar refractivity (Wildman–Crippen MR) is 144 cm³/mol. The van der Waals surface area contributed by atoms with E-state index in [0.29, 0.717) is 34.7 Å². The summed E-state index contributed by atoms with van der Waals surface area (Å²) in [5.74, 6) is 1.18. The molecule has 0 atom stereocenters. The highest BCUT2D eigenvalue weighted by Gasteiger charge is 2.20. The normalized spacial score (nSPS) is 14.3. The summed E-state index contributed by atoms with van der Waals surface area (Å²) in [7, 11) is 3.18. The Morgan fingerprint density at radius 2 is 1.65 bits per heavy atom. The first-order valence-electron chi connectivity index (χ1n) is 12.4. The van der Waals surface area contributed by atoms with Gasteiger partial charge < -0.3 is 14.1 Å². The van der Waals surface area contributed by atoms with Gasteiger partial charge in [-0.3, -0.25) is 23.6 Å². The van der Waals surface area contributed by atoms with Crippen molar-refractivity contribution in [2.45, 2.75) is 6.42 Å². The lowest BCUT2D eigenvalue weighted by Gasteiger charge is -2.36. The quantitative estimate of drug-likeness (QED) is 0.359. The van der Waals surface area contributed by atoms with Gasteiger partial charge in [0.2, 0.25) is 5.43 Å². The van der Waals surface area contributed by atoms with Crippen molar-refractivity contribution in [1.82, 2.24) is 14.0 Å². The molecule has 0 aliphatic carbocycles. The number of fused-ring (bicyclic) bond motifs is 1. The minimum absolute atomic E-state index is 0.107. The van der Waals surface area contributed by atoms with Crippen molar-refractivity contribution in [3.63, 3.8) is 0 Å². The summed E-state index contributed by atoms with van der Waals surface area (Å²) in [6.07, 6.45) is 2.30. The van der Waals surface area contributed by atoms with Crippen molar-refractivity contribution in [1.29, 1.82) is 0 Å². The highest BCUT2D eigenvalue weighted by atomic mass is 16.5. The van der Waals surface area contributed by atoms with E-state index in [0.717, 1.165) is 49.3 Å². The SMILES string of the molecule is Cn1c(N2CCN(CCCOc3cccc4occ(-c5ccccc5)c(=O)c34)CC2)cc(=O)n(C)c1=O. The highest BCUT2D eigenvalue weighted by Crippen LogP contribution is 2.26. The van der Waals surface area contributed by atoms with E-state index >= 15 is 0 Å². The van der Waals surface area contributed by atoms with Crippen LogP contribution >= 0.6 is 0 Å². The Balaban J connectivity index is 1.19. The summed E-state index contributed by atoms with van der Waals surface area (Å²) in [6.45, 7) is 4.42. The number of aromatic nitrogens is 2. The van der Waals surface area contributed by atoms with Crippen LogP contribution in [0.5, 0.6) is 5.75 Å². The fraction of sp³-hybridized carbons (Fsp3) is 0.321. The van der Waals surface area contributed by atoms with Crippen molar-refractivity contribution in [3.8, 4) is 16.9 Å². The minimum Gasteiger partial charge on any atom is -0.493 e. The Labute approximate surface area is 213 Å². The minimum atomic E-state index is -0.319. The molecule has 9 nitrogen and oxygen atoms in total. The van der Waals surface area contributed by atoms with Gasteiger partial charge in [0.15, 0.2) is 0 Å². The Hall–Kier alpha value is -4.11. The molecular weight excluding hydrogens is 472 g/mol. The van der Waals surface area contributed by atoms with Gasteiger partial charge in [0, 0.05) is 52.9 Å². The molecule has 4 aromatic rings. The van der Waals surface area contributed by atoms with Crippen molar-refractivity contribution in [3.05, 3.63) is 91.9 Å². The van der Waals surface area contributed by atoms with Crippen LogP contribution in [0.1, 0.15) is 6.42 Å². The fourth-order valence-electron chi connectivity index (χ4n) is 4.78. The summed E-state index contributed by atoms with van der Waals surface area (Å²) >= 11 is 0. The van der Waals surface area contributed by atoms with Gasteiger partial charge >= 0.3 is 5.69 Å². The second-order valence-electron chi connectivity index (χ2n) is 9.25. The van der Waals surface area contributed by atoms with Gasteiger partial charge in [-0.05, 0) is 24.1 Å². The molecular formula is C28H30N4O5. The first-order chi connectivity index (χ1) is 17.9. The van der Waals surface area contributed by atoms with Crippen LogP contribution in [0, 0.1) is 0 Å². The average Bonchev–Trinajstić information content (AvgIpc) is 2.93. The Kier molecular flexibility index (Phi) is 6.96. The van der Waals surface area contributed by atoms with Crippen molar-refractivity contribution in [2.75, 3.05) is 44.2 Å². The molecule has 5 rings (SSSR count). The number of rotatable bonds is 7. The maximum Gasteiger partial charge on any atom is 0.332 e. The predicted octanol–water partition coefficient (Wildman–Crippen LogP) is 2.45. The number of ether oxygens (including phenoxy) is 1. The molecule has 2 aromatic carbocycles. The molecule has 37 heavy (non-hydrogen) atoms. The molecule has 1 fully saturated rings. The van der Waals surface area contributed by atoms with Gasteiger partial charge in [0.1, 0.15) is 28.8 Å². The lowest BCUT2D eigenvalue weighted by Crippen LogP contribution is -2.49. The molecule has 192 valence electrons. The van der Waals surface area contributed by atoms with Gasteiger partial charge in [-0.25, -0.2) is 4.79 Å². The van der Waals surface area contributed by atoms with E-state index in [2.05, 4.69) is 9.80 Å². The Morgan fingerprint density at radius 3 is 2.41 bits per heavy atom. The van der Waals surface area contributed by atoms with Crippen molar-refractivity contribution in [2.24, 2.45) is 14.1 Å². The highest BCUT2D eigenvalue weighted by molar-refractivity contribution is 5.87. The van der Waals surface area contributed by atoms with E-state index in [1.54, 1.807) is 19.2 Å². The topological polar surface area (TPSA) is 89.9 Å². The van der Waals surface area contributed by atoms with Crippen molar-refractivity contribution >= 4 is 16.8 Å². The zero-order valence-electron chi connectivity index (χ0n) is 21.1. The summed E-state index contributed by atoms with van der Waals surface area (Å²) in [5, 5.41) is 0.456. The van der Waals surface area contributed by atoms with Gasteiger partial charge in [-0.2, -0.15) is 0 Å². The number of nitrogens with zero attached hydrogens (tertiary/aromatic N) is 4. The van der Waals surface area contributed by atoms with E-state index in [1.165, 1.54) is 23.9 Å². The van der Waals surface area contributed by atoms with E-state index in [9.17, 15) is 14.4 Å². The van der Waals surface area contributed by atoms with Gasteiger partial charge in [-0.15, -0.1) is 0 Å². The summed E-state index contributed by atoms with van der Waals surface area (Å²) in [6, 6.07) is 16.4. The fourth-order valence-corrected chi connectivity index (χ4v) is 4.78. The van der Waals surface area contributed by atoms with Crippen LogP contribution < -0.4 is 26.3 Å². The molecule has 1 aliphatic rings. The zero-order chi connectivity index (χ0) is 25.9. The Morgan fingerprint density at radius 1 is 0.892 bits per heavy atom. The van der Waals surface area contributed by atoms with Crippen LogP contribution in [0.4, 0.5) is 5.82 Å². The number of hydrogen-bond donors (Lipinski definition) is 0.